The average molecular weight is 174 g/mol. The Labute approximate surface area is 71.1 Å². The lowest BCUT2D eigenvalue weighted by molar-refractivity contribution is -0.144. The van der Waals surface area contributed by atoms with Crippen LogP contribution in [0.15, 0.2) is 0 Å². The second-order valence-corrected chi connectivity index (χ2v) is 2.53. The third kappa shape index (κ3) is 3.34. The molecule has 0 aromatic carbocycles. The highest BCUT2D eigenvalue weighted by molar-refractivity contribution is 5.84. The molecular weight excluding hydrogens is 160 g/mol. The molecule has 5 nitrogen and oxygen atoms in total. The number of carbonyl (C=O) groups is 2. The number of rotatable bonds is 4. The van der Waals surface area contributed by atoms with E-state index in [2.05, 4.69) is 0 Å². The molecular formula is C7H14N2O3. The molecule has 0 spiro atoms. The number of carboxylic acid groups (broad SMARTS) is 1. The number of carbonyl (C=O) groups excluding carboxylic acids is 1. The van der Waals surface area contributed by atoms with E-state index in [-0.39, 0.29) is 12.5 Å². The lowest BCUT2D eigenvalue weighted by Gasteiger charge is -2.20. The Balaban J connectivity index is 4.15. The molecule has 5 heteroatoms. The number of hydrogen-bond donors (Lipinski definition) is 2. The summed E-state index contributed by atoms with van der Waals surface area (Å²) in [5.74, 6) is -1.36. The Morgan fingerprint density at radius 1 is 1.58 bits per heavy atom. The molecule has 3 N–H and O–H groups in total. The molecule has 0 fully saturated rings. The fourth-order valence-corrected chi connectivity index (χ4v) is 0.797. The summed E-state index contributed by atoms with van der Waals surface area (Å²) in [5, 5.41) is 8.41. The number of hydrogen-bond acceptors (Lipinski definition) is 3. The van der Waals surface area contributed by atoms with Gasteiger partial charge in [-0.05, 0) is 13.8 Å². The van der Waals surface area contributed by atoms with E-state index >= 15 is 0 Å². The minimum atomic E-state index is -1.02. The van der Waals surface area contributed by atoms with Crippen molar-refractivity contribution in [2.75, 3.05) is 13.1 Å². The van der Waals surface area contributed by atoms with E-state index in [9.17, 15) is 9.59 Å². The molecule has 1 atom stereocenters. The van der Waals surface area contributed by atoms with E-state index in [0.29, 0.717) is 6.54 Å². The van der Waals surface area contributed by atoms with Gasteiger partial charge in [-0.3, -0.25) is 9.59 Å². The second-order valence-electron chi connectivity index (χ2n) is 2.53. The highest BCUT2D eigenvalue weighted by atomic mass is 16.4. The van der Waals surface area contributed by atoms with Crippen LogP contribution in [0.5, 0.6) is 0 Å². The van der Waals surface area contributed by atoms with Crippen molar-refractivity contribution in [3.05, 3.63) is 0 Å². The van der Waals surface area contributed by atoms with Gasteiger partial charge >= 0.3 is 5.97 Å². The molecule has 0 aromatic rings. The van der Waals surface area contributed by atoms with E-state index in [1.165, 1.54) is 11.8 Å². The fourth-order valence-electron chi connectivity index (χ4n) is 0.797. The van der Waals surface area contributed by atoms with Crippen molar-refractivity contribution in [1.82, 2.24) is 4.90 Å². The smallest absolute Gasteiger partial charge is 0.323 e. The van der Waals surface area contributed by atoms with Crippen LogP contribution in [0.2, 0.25) is 0 Å². The molecule has 1 amide bonds. The van der Waals surface area contributed by atoms with Crippen molar-refractivity contribution in [2.24, 2.45) is 5.73 Å². The van der Waals surface area contributed by atoms with Gasteiger partial charge in [0.15, 0.2) is 0 Å². The van der Waals surface area contributed by atoms with E-state index in [1.807, 2.05) is 0 Å². The summed E-state index contributed by atoms with van der Waals surface area (Å²) in [6, 6.07) is -0.635. The molecule has 70 valence electrons. The summed E-state index contributed by atoms with van der Waals surface area (Å²) < 4.78 is 0. The third-order valence-electron chi connectivity index (χ3n) is 1.41. The minimum absolute atomic E-state index is 0.281. The summed E-state index contributed by atoms with van der Waals surface area (Å²) in [5.41, 5.74) is 5.30. The van der Waals surface area contributed by atoms with Gasteiger partial charge in [0.05, 0.1) is 6.04 Å². The van der Waals surface area contributed by atoms with Crippen LogP contribution in [-0.2, 0) is 9.59 Å². The van der Waals surface area contributed by atoms with Crippen molar-refractivity contribution in [3.63, 3.8) is 0 Å². The lowest BCUT2D eigenvalue weighted by atomic mass is 10.3. The van der Waals surface area contributed by atoms with E-state index in [1.54, 1.807) is 6.92 Å². The van der Waals surface area contributed by atoms with Crippen LogP contribution in [0.4, 0.5) is 0 Å². The van der Waals surface area contributed by atoms with Crippen LogP contribution in [0, 0.1) is 0 Å². The van der Waals surface area contributed by atoms with Crippen molar-refractivity contribution in [2.45, 2.75) is 19.9 Å². The lowest BCUT2D eigenvalue weighted by Crippen LogP contribution is -2.44. The molecule has 0 bridgehead atoms. The number of nitrogens with zero attached hydrogens (tertiary/aromatic N) is 1. The summed E-state index contributed by atoms with van der Waals surface area (Å²) in [4.78, 5) is 22.6. The maximum atomic E-state index is 11.1. The molecule has 0 radical (unpaired) electrons. The zero-order valence-corrected chi connectivity index (χ0v) is 7.28. The third-order valence-corrected chi connectivity index (χ3v) is 1.41. The van der Waals surface area contributed by atoms with Gasteiger partial charge in [0.25, 0.3) is 0 Å². The van der Waals surface area contributed by atoms with Gasteiger partial charge in [-0.25, -0.2) is 0 Å². The monoisotopic (exact) mass is 174 g/mol. The molecule has 0 rings (SSSR count). The number of nitrogens with two attached hydrogens (primary N) is 1. The minimum Gasteiger partial charge on any atom is -0.480 e. The quantitative estimate of drug-likeness (QED) is 0.588. The zero-order valence-electron chi connectivity index (χ0n) is 7.28. The molecule has 0 aromatic heterocycles. The normalized spacial score (nSPS) is 12.2. The van der Waals surface area contributed by atoms with E-state index in [4.69, 9.17) is 10.8 Å². The Kier molecular flexibility index (Phi) is 4.28. The predicted octanol–water partition coefficient (Wildman–Crippen LogP) is -0.733. The average Bonchev–Trinajstić information content (AvgIpc) is 1.98. The summed E-state index contributed by atoms with van der Waals surface area (Å²) in [6.45, 7) is 3.33. The van der Waals surface area contributed by atoms with Gasteiger partial charge in [0, 0.05) is 6.54 Å². The van der Waals surface area contributed by atoms with E-state index < -0.39 is 12.0 Å². The Bertz CT molecular complexity index is 179. The van der Waals surface area contributed by atoms with E-state index in [0.717, 1.165) is 0 Å². The summed E-state index contributed by atoms with van der Waals surface area (Å²) in [7, 11) is 0. The van der Waals surface area contributed by atoms with Crippen LogP contribution in [0.25, 0.3) is 0 Å². The van der Waals surface area contributed by atoms with Crippen LogP contribution >= 0.6 is 0 Å². The van der Waals surface area contributed by atoms with Crippen LogP contribution < -0.4 is 5.73 Å². The number of amides is 1. The first kappa shape index (κ1) is 10.9. The molecule has 0 saturated heterocycles. The molecule has 0 aliphatic carbocycles. The van der Waals surface area contributed by atoms with Crippen molar-refractivity contribution in [1.29, 1.82) is 0 Å². The van der Waals surface area contributed by atoms with Crippen molar-refractivity contribution < 1.29 is 14.7 Å². The van der Waals surface area contributed by atoms with Gasteiger partial charge in [-0.2, -0.15) is 0 Å². The number of likely N-dealkylation sites (N-methyl/N-ethyl adjacent to an activating group) is 1. The number of aliphatic carboxylic acids is 1. The van der Waals surface area contributed by atoms with Gasteiger partial charge in [-0.1, -0.05) is 0 Å². The molecule has 0 heterocycles. The standard InChI is InChI=1S/C7H14N2O3/c1-3-9(4-6(10)11)7(12)5(2)8/h5H,3-4,8H2,1-2H3,(H,10,11). The first-order valence-electron chi connectivity index (χ1n) is 3.75. The Morgan fingerprint density at radius 3 is 2.33 bits per heavy atom. The van der Waals surface area contributed by atoms with Gasteiger partial charge < -0.3 is 15.7 Å². The molecule has 12 heavy (non-hydrogen) atoms. The highest BCUT2D eigenvalue weighted by Gasteiger charge is 2.17. The molecule has 0 aliphatic rings. The topological polar surface area (TPSA) is 83.6 Å². The SMILES string of the molecule is CCN(CC(=O)O)C(=O)C(C)N. The van der Waals surface area contributed by atoms with Crippen molar-refractivity contribution >= 4 is 11.9 Å². The van der Waals surface area contributed by atoms with Crippen LogP contribution in [0.1, 0.15) is 13.8 Å². The molecule has 0 saturated carbocycles. The largest absolute Gasteiger partial charge is 0.480 e. The maximum absolute atomic E-state index is 11.1. The first-order chi connectivity index (χ1) is 5.49. The summed E-state index contributed by atoms with van der Waals surface area (Å²) >= 11 is 0. The van der Waals surface area contributed by atoms with Crippen LogP contribution in [0.3, 0.4) is 0 Å². The second kappa shape index (κ2) is 4.71. The molecule has 1 unspecified atom stereocenters. The van der Waals surface area contributed by atoms with Crippen molar-refractivity contribution in [3.8, 4) is 0 Å². The Morgan fingerprint density at radius 2 is 2.08 bits per heavy atom. The summed E-state index contributed by atoms with van der Waals surface area (Å²) in [6.07, 6.45) is 0. The predicted molar refractivity (Wildman–Crippen MR) is 43.5 cm³/mol. The molecule has 0 aliphatic heterocycles. The van der Waals surface area contributed by atoms with Gasteiger partial charge in [-0.15, -0.1) is 0 Å². The first-order valence-corrected chi connectivity index (χ1v) is 3.75. The Hall–Kier alpha value is -1.10. The number of carboxylic acids is 1. The zero-order chi connectivity index (χ0) is 9.72. The van der Waals surface area contributed by atoms with Gasteiger partial charge in [0.1, 0.15) is 6.54 Å². The maximum Gasteiger partial charge on any atom is 0.323 e. The van der Waals surface area contributed by atoms with Crippen LogP contribution in [-0.4, -0.2) is 41.0 Å². The highest BCUT2D eigenvalue weighted by Crippen LogP contribution is 1.92. The fraction of sp³-hybridized carbons (Fsp3) is 0.714. The van der Waals surface area contributed by atoms with Gasteiger partial charge in [0.2, 0.25) is 5.91 Å².